The van der Waals surface area contributed by atoms with Crippen LogP contribution in [0, 0.1) is 5.41 Å². The zero-order chi connectivity index (χ0) is 19.1. The maximum atomic E-state index is 12.1. The molecule has 8 nitrogen and oxygen atoms in total. The van der Waals surface area contributed by atoms with Crippen molar-refractivity contribution in [1.29, 1.82) is 0 Å². The Morgan fingerprint density at radius 2 is 1.85 bits per heavy atom. The molecule has 1 saturated heterocycles. The second kappa shape index (κ2) is 6.58. The van der Waals surface area contributed by atoms with E-state index in [-0.39, 0.29) is 11.8 Å². The number of hydrogen-bond acceptors (Lipinski definition) is 7. The average Bonchev–Trinajstić information content (AvgIpc) is 3.26. The summed E-state index contributed by atoms with van der Waals surface area (Å²) in [5.74, 6) is 1.18. The lowest BCUT2D eigenvalue weighted by atomic mass is 9.75. The van der Waals surface area contributed by atoms with Crippen LogP contribution in [-0.2, 0) is 10.2 Å². The normalized spacial score (nSPS) is 25.4. The van der Waals surface area contributed by atoms with Crippen LogP contribution in [0.15, 0.2) is 16.8 Å². The molecule has 8 heteroatoms. The van der Waals surface area contributed by atoms with Crippen molar-refractivity contribution < 1.29 is 9.21 Å². The predicted octanol–water partition coefficient (Wildman–Crippen LogP) is 2.68. The van der Waals surface area contributed by atoms with Gasteiger partial charge in [0, 0.05) is 25.0 Å². The molecular weight excluding hydrogens is 344 g/mol. The fourth-order valence-corrected chi connectivity index (χ4v) is 3.82. The lowest BCUT2D eigenvalue weighted by Gasteiger charge is -2.34. The van der Waals surface area contributed by atoms with Crippen LogP contribution in [0.5, 0.6) is 0 Å². The molecule has 1 saturated carbocycles. The van der Waals surface area contributed by atoms with Crippen LogP contribution in [0.1, 0.15) is 58.8 Å². The Kier molecular flexibility index (Phi) is 4.36. The third kappa shape index (κ3) is 3.40. The second-order valence-electron chi connectivity index (χ2n) is 8.59. The number of hydrogen-bond donors (Lipinski definition) is 2. The van der Waals surface area contributed by atoms with Crippen molar-refractivity contribution in [2.24, 2.45) is 5.41 Å². The molecule has 2 aromatic rings. The van der Waals surface area contributed by atoms with E-state index in [0.29, 0.717) is 41.8 Å². The molecule has 2 N–H and O–H groups in total. The van der Waals surface area contributed by atoms with E-state index in [1.165, 1.54) is 12.8 Å². The molecule has 2 aromatic heterocycles. The van der Waals surface area contributed by atoms with Gasteiger partial charge in [-0.1, -0.05) is 13.8 Å². The molecule has 4 rings (SSSR count). The van der Waals surface area contributed by atoms with Crippen molar-refractivity contribution in [2.45, 2.75) is 64.3 Å². The number of nitrogens with one attached hydrogen (secondary N) is 2. The molecule has 0 aromatic carbocycles. The summed E-state index contributed by atoms with van der Waals surface area (Å²) in [4.78, 5) is 21.0. The van der Waals surface area contributed by atoms with Crippen LogP contribution in [-0.4, -0.2) is 38.7 Å². The minimum atomic E-state index is -0.782. The molecule has 144 valence electrons. The summed E-state index contributed by atoms with van der Waals surface area (Å²) in [6, 6.07) is 0.356. The molecule has 1 aliphatic heterocycles. The summed E-state index contributed by atoms with van der Waals surface area (Å²) in [5, 5.41) is 14.6. The minimum absolute atomic E-state index is 0.0833. The standard InChI is InChI=1S/C19H26N6O2/c1-18(2)6-4-12(5-7-18)23-14-13(20-10-11-21-14)15-24-25-17(27-15)19(3)8-9-22-16(19)26/h10-12H,4-9H2,1-3H3,(H,21,23)(H,22,26). The third-order valence-corrected chi connectivity index (χ3v) is 5.89. The Balaban J connectivity index is 1.56. The second-order valence-corrected chi connectivity index (χ2v) is 8.59. The molecule has 1 unspecified atom stereocenters. The van der Waals surface area contributed by atoms with Crippen LogP contribution < -0.4 is 10.6 Å². The van der Waals surface area contributed by atoms with Gasteiger partial charge in [0.25, 0.3) is 5.89 Å². The maximum Gasteiger partial charge on any atom is 0.270 e. The highest BCUT2D eigenvalue weighted by molar-refractivity contribution is 5.88. The smallest absolute Gasteiger partial charge is 0.270 e. The maximum absolute atomic E-state index is 12.1. The quantitative estimate of drug-likeness (QED) is 0.852. The fourth-order valence-electron chi connectivity index (χ4n) is 3.82. The van der Waals surface area contributed by atoms with Crippen molar-refractivity contribution in [3.05, 3.63) is 18.3 Å². The van der Waals surface area contributed by atoms with E-state index >= 15 is 0 Å². The molecule has 1 atom stereocenters. The number of aromatic nitrogens is 4. The highest BCUT2D eigenvalue weighted by Gasteiger charge is 2.44. The molecule has 0 spiro atoms. The summed E-state index contributed by atoms with van der Waals surface area (Å²) in [5.41, 5.74) is 0.154. The van der Waals surface area contributed by atoms with Gasteiger partial charge in [-0.2, -0.15) is 0 Å². The number of carbonyl (C=O) groups is 1. The lowest BCUT2D eigenvalue weighted by Crippen LogP contribution is -2.32. The Hall–Kier alpha value is -2.51. The largest absolute Gasteiger partial charge is 0.418 e. The van der Waals surface area contributed by atoms with E-state index in [9.17, 15) is 4.79 Å². The molecule has 3 heterocycles. The van der Waals surface area contributed by atoms with E-state index in [1.807, 2.05) is 6.92 Å². The first-order valence-electron chi connectivity index (χ1n) is 9.58. The molecule has 1 amide bonds. The van der Waals surface area contributed by atoms with Crippen LogP contribution in [0.4, 0.5) is 5.82 Å². The van der Waals surface area contributed by atoms with E-state index in [4.69, 9.17) is 4.42 Å². The highest BCUT2D eigenvalue weighted by atomic mass is 16.4. The SMILES string of the molecule is CC1(C)CCC(Nc2nccnc2-c2nnc(C3(C)CCNC3=O)o2)CC1. The van der Waals surface area contributed by atoms with Gasteiger partial charge in [-0.25, -0.2) is 9.97 Å². The Morgan fingerprint density at radius 3 is 2.56 bits per heavy atom. The molecule has 2 fully saturated rings. The highest BCUT2D eigenvalue weighted by Crippen LogP contribution is 2.37. The number of anilines is 1. The summed E-state index contributed by atoms with van der Waals surface area (Å²) in [6.07, 6.45) is 8.44. The van der Waals surface area contributed by atoms with Crippen molar-refractivity contribution >= 4 is 11.7 Å². The van der Waals surface area contributed by atoms with Crippen LogP contribution >= 0.6 is 0 Å². The van der Waals surface area contributed by atoms with Gasteiger partial charge in [0.1, 0.15) is 5.41 Å². The number of carbonyl (C=O) groups excluding carboxylic acids is 1. The summed E-state index contributed by atoms with van der Waals surface area (Å²) in [7, 11) is 0. The number of rotatable bonds is 4. The first-order valence-corrected chi connectivity index (χ1v) is 9.58. The Bertz CT molecular complexity index is 838. The molecule has 27 heavy (non-hydrogen) atoms. The summed E-state index contributed by atoms with van der Waals surface area (Å²) >= 11 is 0. The van der Waals surface area contributed by atoms with Gasteiger partial charge in [-0.05, 0) is 44.4 Å². The zero-order valence-corrected chi connectivity index (χ0v) is 16.1. The van der Waals surface area contributed by atoms with Gasteiger partial charge >= 0.3 is 0 Å². The summed E-state index contributed by atoms with van der Waals surface area (Å²) < 4.78 is 5.86. The van der Waals surface area contributed by atoms with Crippen molar-refractivity contribution in [2.75, 3.05) is 11.9 Å². The lowest BCUT2D eigenvalue weighted by molar-refractivity contribution is -0.124. The molecule has 1 aliphatic carbocycles. The monoisotopic (exact) mass is 370 g/mol. The molecule has 2 aliphatic rings. The van der Waals surface area contributed by atoms with Gasteiger partial charge < -0.3 is 15.1 Å². The van der Waals surface area contributed by atoms with Crippen molar-refractivity contribution in [3.8, 4) is 11.6 Å². The van der Waals surface area contributed by atoms with Gasteiger partial charge in [-0.15, -0.1) is 10.2 Å². The van der Waals surface area contributed by atoms with Crippen LogP contribution in [0.2, 0.25) is 0 Å². The van der Waals surface area contributed by atoms with E-state index in [0.717, 1.165) is 12.8 Å². The first kappa shape index (κ1) is 17.9. The van der Waals surface area contributed by atoms with E-state index < -0.39 is 5.41 Å². The average molecular weight is 370 g/mol. The Labute approximate surface area is 158 Å². The van der Waals surface area contributed by atoms with Gasteiger partial charge in [0.2, 0.25) is 11.8 Å². The van der Waals surface area contributed by atoms with E-state index in [2.05, 4.69) is 44.6 Å². The molecular formula is C19H26N6O2. The fraction of sp³-hybridized carbons (Fsp3) is 0.632. The van der Waals surface area contributed by atoms with Gasteiger partial charge in [-0.3, -0.25) is 4.79 Å². The number of amides is 1. The van der Waals surface area contributed by atoms with Gasteiger partial charge in [0.05, 0.1) is 0 Å². The number of nitrogens with zero attached hydrogens (tertiary/aromatic N) is 4. The van der Waals surface area contributed by atoms with Gasteiger partial charge in [0.15, 0.2) is 11.5 Å². The minimum Gasteiger partial charge on any atom is -0.418 e. The third-order valence-electron chi connectivity index (χ3n) is 5.89. The topological polar surface area (TPSA) is 106 Å². The van der Waals surface area contributed by atoms with E-state index in [1.54, 1.807) is 12.4 Å². The zero-order valence-electron chi connectivity index (χ0n) is 16.1. The van der Waals surface area contributed by atoms with Crippen LogP contribution in [0.3, 0.4) is 0 Å². The molecule has 0 bridgehead atoms. The Morgan fingerprint density at radius 1 is 1.11 bits per heavy atom. The molecule has 0 radical (unpaired) electrons. The summed E-state index contributed by atoms with van der Waals surface area (Å²) in [6.45, 7) is 7.07. The van der Waals surface area contributed by atoms with Crippen molar-refractivity contribution in [1.82, 2.24) is 25.5 Å². The van der Waals surface area contributed by atoms with Crippen molar-refractivity contribution in [3.63, 3.8) is 0 Å². The first-order chi connectivity index (χ1) is 12.9. The van der Waals surface area contributed by atoms with Crippen LogP contribution in [0.25, 0.3) is 11.6 Å². The predicted molar refractivity (Wildman–Crippen MR) is 100.0 cm³/mol.